The maximum absolute atomic E-state index is 11.4. The molecule has 8 nitrogen and oxygen atoms in total. The van der Waals surface area contributed by atoms with Gasteiger partial charge in [-0.3, -0.25) is 4.90 Å². The summed E-state index contributed by atoms with van der Waals surface area (Å²) in [6, 6.07) is 10.0. The van der Waals surface area contributed by atoms with E-state index in [0.29, 0.717) is 50.7 Å². The van der Waals surface area contributed by atoms with E-state index in [1.54, 1.807) is 7.11 Å². The topological polar surface area (TPSA) is 89.2 Å². The molecule has 0 amide bonds. The third-order valence-corrected chi connectivity index (χ3v) is 7.52. The molecule has 0 spiro atoms. The highest BCUT2D eigenvalue weighted by molar-refractivity contribution is 5.45. The zero-order chi connectivity index (χ0) is 27.3. The lowest BCUT2D eigenvalue weighted by atomic mass is 9.90. The van der Waals surface area contributed by atoms with Crippen LogP contribution in [0.3, 0.4) is 0 Å². The first-order valence-electron chi connectivity index (χ1n) is 13.4. The number of aromatic nitrogens is 2. The van der Waals surface area contributed by atoms with Gasteiger partial charge in [-0.25, -0.2) is 4.98 Å². The van der Waals surface area contributed by atoms with Gasteiger partial charge in [-0.05, 0) is 61.6 Å². The number of nitrogens with zero attached hydrogens (tertiary/aromatic N) is 3. The molecule has 0 unspecified atom stereocenters. The Hall–Kier alpha value is -3.07. The second-order valence-electron chi connectivity index (χ2n) is 10.3. The van der Waals surface area contributed by atoms with E-state index < -0.39 is 11.7 Å². The van der Waals surface area contributed by atoms with Crippen molar-refractivity contribution in [2.45, 2.75) is 65.3 Å². The lowest BCUT2D eigenvalue weighted by molar-refractivity contribution is -0.140. The van der Waals surface area contributed by atoms with Crippen LogP contribution in [0, 0.1) is 20.8 Å². The number of methoxy groups -OCH3 is 1. The van der Waals surface area contributed by atoms with Crippen LogP contribution in [0.25, 0.3) is 0 Å². The Labute approximate surface area is 225 Å². The van der Waals surface area contributed by atoms with E-state index in [-0.39, 0.29) is 6.61 Å². The van der Waals surface area contributed by atoms with Gasteiger partial charge in [-0.1, -0.05) is 25.1 Å². The molecule has 1 aliphatic rings. The van der Waals surface area contributed by atoms with Gasteiger partial charge in [0, 0.05) is 38.4 Å². The number of hydrogen-bond acceptors (Lipinski definition) is 7. The first kappa shape index (κ1) is 28.0. The second kappa shape index (κ2) is 12.2. The number of aliphatic hydroxyl groups excluding tert-OH is 1. The van der Waals surface area contributed by atoms with Gasteiger partial charge in [0.1, 0.15) is 30.4 Å². The van der Waals surface area contributed by atoms with Crippen LogP contribution in [0.4, 0.5) is 0 Å². The molecule has 8 heteroatoms. The van der Waals surface area contributed by atoms with E-state index in [4.69, 9.17) is 14.2 Å². The highest BCUT2D eigenvalue weighted by atomic mass is 16.5. The summed E-state index contributed by atoms with van der Waals surface area (Å²) in [5.74, 6) is 3.18. The van der Waals surface area contributed by atoms with Gasteiger partial charge in [-0.2, -0.15) is 0 Å². The Morgan fingerprint density at radius 3 is 2.63 bits per heavy atom. The minimum Gasteiger partial charge on any atom is -0.493 e. The zero-order valence-electron chi connectivity index (χ0n) is 23.2. The van der Waals surface area contributed by atoms with Crippen molar-refractivity contribution in [3.05, 3.63) is 70.8 Å². The molecule has 2 heterocycles. The summed E-state index contributed by atoms with van der Waals surface area (Å²) in [6.07, 6.45) is 4.28. The Kier molecular flexibility index (Phi) is 8.97. The monoisotopic (exact) mass is 523 g/mol. The minimum atomic E-state index is -1.36. The number of piperidine rings is 1. The number of imidazole rings is 1. The van der Waals surface area contributed by atoms with Crippen LogP contribution < -0.4 is 14.2 Å². The average Bonchev–Trinajstić information content (AvgIpc) is 3.37. The van der Waals surface area contributed by atoms with Crippen molar-refractivity contribution in [1.82, 2.24) is 14.5 Å². The summed E-state index contributed by atoms with van der Waals surface area (Å²) in [5.41, 5.74) is 2.89. The van der Waals surface area contributed by atoms with E-state index in [2.05, 4.69) is 27.4 Å². The van der Waals surface area contributed by atoms with Crippen molar-refractivity contribution < 1.29 is 24.4 Å². The SMILES string of the molecule is CCc1nccn1CCOc1ccc(CN2CC[C@H](O)[C@@](O)(COc3c(C)ccc(C)c3C)C2)cc1OC. The molecule has 1 aliphatic heterocycles. The number of aryl methyl sites for hydroxylation is 3. The maximum Gasteiger partial charge on any atom is 0.161 e. The lowest BCUT2D eigenvalue weighted by Gasteiger charge is -2.42. The van der Waals surface area contributed by atoms with Crippen LogP contribution in [0.2, 0.25) is 0 Å². The predicted molar refractivity (Wildman–Crippen MR) is 147 cm³/mol. The molecule has 3 aromatic rings. The molecule has 0 saturated carbocycles. The van der Waals surface area contributed by atoms with Crippen molar-refractivity contribution in [3.63, 3.8) is 0 Å². The molecule has 0 radical (unpaired) electrons. The van der Waals surface area contributed by atoms with Gasteiger partial charge >= 0.3 is 0 Å². The number of rotatable bonds is 11. The zero-order valence-corrected chi connectivity index (χ0v) is 23.2. The number of ether oxygens (including phenoxy) is 3. The molecule has 1 saturated heterocycles. The molecule has 2 atom stereocenters. The van der Waals surface area contributed by atoms with E-state index in [0.717, 1.165) is 40.2 Å². The van der Waals surface area contributed by atoms with E-state index in [9.17, 15) is 10.2 Å². The van der Waals surface area contributed by atoms with Crippen LogP contribution in [-0.2, 0) is 19.5 Å². The number of benzene rings is 2. The number of aliphatic hydroxyl groups is 2. The van der Waals surface area contributed by atoms with Crippen molar-refractivity contribution in [3.8, 4) is 17.2 Å². The summed E-state index contributed by atoms with van der Waals surface area (Å²) in [6.45, 7) is 11.0. The van der Waals surface area contributed by atoms with Crippen LogP contribution >= 0.6 is 0 Å². The highest BCUT2D eigenvalue weighted by Crippen LogP contribution is 2.31. The fourth-order valence-electron chi connectivity index (χ4n) is 5.07. The summed E-state index contributed by atoms with van der Waals surface area (Å²) >= 11 is 0. The van der Waals surface area contributed by atoms with E-state index >= 15 is 0 Å². The average molecular weight is 524 g/mol. The van der Waals surface area contributed by atoms with Crippen LogP contribution in [0.1, 0.15) is 41.4 Å². The Morgan fingerprint density at radius 1 is 1.08 bits per heavy atom. The fraction of sp³-hybridized carbons (Fsp3) is 0.500. The first-order valence-corrected chi connectivity index (χ1v) is 13.4. The molecule has 4 rings (SSSR count). The van der Waals surface area contributed by atoms with Crippen molar-refractivity contribution in [1.29, 1.82) is 0 Å². The van der Waals surface area contributed by atoms with Gasteiger partial charge in [0.2, 0.25) is 0 Å². The van der Waals surface area contributed by atoms with Crippen LogP contribution in [0.15, 0.2) is 42.7 Å². The minimum absolute atomic E-state index is 0.0303. The quantitative estimate of drug-likeness (QED) is 0.395. The Balaban J connectivity index is 1.37. The third-order valence-electron chi connectivity index (χ3n) is 7.52. The number of likely N-dealkylation sites (tertiary alicyclic amines) is 1. The first-order chi connectivity index (χ1) is 18.2. The lowest BCUT2D eigenvalue weighted by Crippen LogP contribution is -2.59. The molecule has 2 aromatic carbocycles. The number of hydrogen-bond donors (Lipinski definition) is 2. The van der Waals surface area contributed by atoms with E-state index in [1.165, 1.54) is 0 Å². The van der Waals surface area contributed by atoms with Crippen molar-refractivity contribution in [2.75, 3.05) is 33.4 Å². The largest absolute Gasteiger partial charge is 0.493 e. The maximum atomic E-state index is 11.4. The molecule has 206 valence electrons. The summed E-state index contributed by atoms with van der Waals surface area (Å²) in [7, 11) is 1.64. The Bertz CT molecular complexity index is 1230. The second-order valence-corrected chi connectivity index (χ2v) is 10.3. The standard InChI is InChI=1S/C30H41N3O5/c1-6-28-31-12-14-33(28)15-16-37-25-10-9-24(17-26(25)36-5)18-32-13-11-27(34)30(35,19-32)20-38-29-22(3)8-7-21(2)23(29)4/h7-10,12,14,17,27,34-35H,6,11,13,15-16,18-20H2,1-5H3/t27-,30-/m0/s1. The third kappa shape index (κ3) is 6.31. The summed E-state index contributed by atoms with van der Waals surface area (Å²) in [4.78, 5) is 6.50. The Morgan fingerprint density at radius 2 is 1.87 bits per heavy atom. The van der Waals surface area contributed by atoms with Crippen LogP contribution in [-0.4, -0.2) is 69.8 Å². The predicted octanol–water partition coefficient (Wildman–Crippen LogP) is 3.84. The summed E-state index contributed by atoms with van der Waals surface area (Å²) in [5, 5.41) is 22.1. The van der Waals surface area contributed by atoms with Gasteiger partial charge in [0.15, 0.2) is 11.5 Å². The summed E-state index contributed by atoms with van der Waals surface area (Å²) < 4.78 is 19.8. The van der Waals surface area contributed by atoms with Gasteiger partial charge in [0.05, 0.1) is 19.8 Å². The molecule has 1 fully saturated rings. The molecule has 2 N–H and O–H groups in total. The van der Waals surface area contributed by atoms with Crippen LogP contribution in [0.5, 0.6) is 17.2 Å². The van der Waals surface area contributed by atoms with Crippen molar-refractivity contribution >= 4 is 0 Å². The molecule has 1 aromatic heterocycles. The van der Waals surface area contributed by atoms with Gasteiger partial charge in [-0.15, -0.1) is 0 Å². The van der Waals surface area contributed by atoms with Crippen molar-refractivity contribution in [2.24, 2.45) is 0 Å². The van der Waals surface area contributed by atoms with Gasteiger partial charge < -0.3 is 29.0 Å². The molecule has 38 heavy (non-hydrogen) atoms. The molecule has 0 bridgehead atoms. The normalized spacial score (nSPS) is 19.9. The number of β-amino-alcohol motifs (C(OH)–C–C–N with tert-alkyl or cyclic N) is 1. The molecule has 0 aliphatic carbocycles. The van der Waals surface area contributed by atoms with E-state index in [1.807, 2.05) is 57.4 Å². The molecular weight excluding hydrogens is 482 g/mol. The molecular formula is C30H41N3O5. The highest BCUT2D eigenvalue weighted by Gasteiger charge is 2.42. The fourth-order valence-corrected chi connectivity index (χ4v) is 5.07. The smallest absolute Gasteiger partial charge is 0.161 e. The van der Waals surface area contributed by atoms with Gasteiger partial charge in [0.25, 0.3) is 0 Å².